The molecule has 6 aromatic heterocycles. The Kier molecular flexibility index (Phi) is 13.1. The minimum Gasteiger partial charge on any atom is -0.355 e. The molecule has 0 aliphatic heterocycles. The molecule has 3 N–H and O–H groups in total. The van der Waals surface area contributed by atoms with Crippen molar-refractivity contribution in [3.8, 4) is 11.3 Å². The second-order valence-corrected chi connectivity index (χ2v) is 27.3. The molecule has 0 aliphatic rings. The van der Waals surface area contributed by atoms with Crippen molar-refractivity contribution in [3.05, 3.63) is 285 Å². The summed E-state index contributed by atoms with van der Waals surface area (Å²) in [6.45, 7) is 0. The largest absolute Gasteiger partial charge is 0.355 e. The van der Waals surface area contributed by atoms with Gasteiger partial charge in [-0.3, -0.25) is 0 Å². The maximum absolute atomic E-state index is 5.01. The third-order valence-corrected chi connectivity index (χ3v) is 22.4. The van der Waals surface area contributed by atoms with Gasteiger partial charge in [0.05, 0.1) is 36.7 Å². The van der Waals surface area contributed by atoms with E-state index in [0.717, 1.165) is 39.5 Å². The fourth-order valence-corrected chi connectivity index (χ4v) is 18.1. The third kappa shape index (κ3) is 9.52. The van der Waals surface area contributed by atoms with Crippen molar-refractivity contribution in [2.75, 3.05) is 16.0 Å². The first-order valence-corrected chi connectivity index (χ1v) is 33.4. The lowest BCUT2D eigenvalue weighted by Gasteiger charge is -2.13. The Morgan fingerprint density at radius 1 is 0.227 bits per heavy atom. The van der Waals surface area contributed by atoms with Crippen molar-refractivity contribution < 1.29 is 0 Å². The van der Waals surface area contributed by atoms with E-state index in [9.17, 15) is 0 Å². The lowest BCUT2D eigenvalue weighted by molar-refractivity contribution is 1.42. The smallest absolute Gasteiger partial charge is 0.0895 e. The van der Waals surface area contributed by atoms with Gasteiger partial charge in [-0.2, -0.15) is 0 Å². The Bertz CT molecular complexity index is 5670. The Balaban J connectivity index is 0.000000103. The van der Waals surface area contributed by atoms with Crippen LogP contribution in [0.4, 0.5) is 34.1 Å². The molecule has 0 aliphatic carbocycles. The van der Waals surface area contributed by atoms with Crippen LogP contribution in [-0.2, 0) is 0 Å². The first kappa shape index (κ1) is 52.4. The van der Waals surface area contributed by atoms with Gasteiger partial charge in [-0.15, -0.1) is 56.7 Å². The van der Waals surface area contributed by atoms with Crippen LogP contribution in [0.3, 0.4) is 0 Å². The van der Waals surface area contributed by atoms with E-state index < -0.39 is 0 Å². The number of nitrogens with one attached hydrogen (secondary N) is 3. The van der Waals surface area contributed by atoms with Crippen molar-refractivity contribution in [3.63, 3.8) is 0 Å². The Morgan fingerprint density at radius 2 is 0.648 bits per heavy atom. The maximum atomic E-state index is 5.01. The molecule has 0 bridgehead atoms. The van der Waals surface area contributed by atoms with Gasteiger partial charge in [0.2, 0.25) is 0 Å². The molecule has 416 valence electrons. The van der Waals surface area contributed by atoms with Crippen molar-refractivity contribution in [2.45, 2.75) is 0 Å². The summed E-state index contributed by atoms with van der Waals surface area (Å²) in [5.74, 6) is 0. The normalized spacial score (nSPS) is 11.6. The monoisotopic (exact) mass is 1210 g/mol. The van der Waals surface area contributed by atoms with Gasteiger partial charge in [0, 0.05) is 115 Å². The van der Waals surface area contributed by atoms with E-state index in [1.54, 1.807) is 11.3 Å². The van der Waals surface area contributed by atoms with E-state index in [1.807, 2.05) is 51.4 Å². The molecule has 0 amide bonds. The molecule has 13 aromatic carbocycles. The molecule has 88 heavy (non-hydrogen) atoms. The number of benzene rings is 13. The van der Waals surface area contributed by atoms with Crippen molar-refractivity contribution in [2.24, 2.45) is 0 Å². The summed E-state index contributed by atoms with van der Waals surface area (Å²) in [7, 11) is 0. The molecule has 4 nitrogen and oxygen atoms in total. The van der Waals surface area contributed by atoms with Gasteiger partial charge in [-0.1, -0.05) is 188 Å². The number of aromatic nitrogens is 1. The topological polar surface area (TPSA) is 49.0 Å². The average molecular weight is 1220 g/mol. The number of pyridine rings is 1. The summed E-state index contributed by atoms with van der Waals surface area (Å²) in [5.41, 5.74) is 10.1. The minimum atomic E-state index is 1.01. The van der Waals surface area contributed by atoms with Crippen LogP contribution in [0.15, 0.2) is 285 Å². The quantitative estimate of drug-likeness (QED) is 0.139. The van der Waals surface area contributed by atoms with Crippen molar-refractivity contribution in [1.82, 2.24) is 4.98 Å². The lowest BCUT2D eigenvalue weighted by atomic mass is 10.00. The van der Waals surface area contributed by atoms with Crippen LogP contribution in [0.1, 0.15) is 0 Å². The highest BCUT2D eigenvalue weighted by Gasteiger charge is 2.15. The standard InChI is InChI=1S/C31H20N2S.2C24H15NS2/c1-2-8-20(9-3-1)27-16-17-29-31(33-27)26-15-14-22(19-30(26)34-29)32-28-18-21-10-4-5-11-23(21)24-12-6-7-13-25(24)28;1-3-13-21-15(7-1)17-9-5-11-19(23(17)26-21)25-20-12-6-10-18-16-8-2-4-14-22(16)27-24(18)20;1-3-7-21-17(5-1)19-11-9-15(13-23(19)26-21)25-16-10-12-20-18-6-2-4-8-22(18)27-24(20)14-16/h1-19,32H;2*1-14,25H. The summed E-state index contributed by atoms with van der Waals surface area (Å²) in [6.07, 6.45) is 0. The van der Waals surface area contributed by atoms with Crippen molar-refractivity contribution in [1.29, 1.82) is 0 Å². The Morgan fingerprint density at radius 3 is 1.23 bits per heavy atom. The predicted molar refractivity (Wildman–Crippen MR) is 391 cm³/mol. The fraction of sp³-hybridized carbons (Fsp3) is 0. The van der Waals surface area contributed by atoms with Gasteiger partial charge in [-0.25, -0.2) is 4.98 Å². The van der Waals surface area contributed by atoms with E-state index in [0.29, 0.717) is 0 Å². The average Bonchev–Trinajstić information content (AvgIpc) is 2.96. The van der Waals surface area contributed by atoms with Crippen LogP contribution in [0.25, 0.3) is 134 Å². The van der Waals surface area contributed by atoms with Gasteiger partial charge in [0.25, 0.3) is 0 Å². The molecule has 0 saturated carbocycles. The fourth-order valence-electron chi connectivity index (χ4n) is 12.4. The lowest BCUT2D eigenvalue weighted by Crippen LogP contribution is -1.92. The van der Waals surface area contributed by atoms with E-state index in [1.165, 1.54) is 128 Å². The van der Waals surface area contributed by atoms with Crippen LogP contribution in [0.5, 0.6) is 0 Å². The van der Waals surface area contributed by atoms with Gasteiger partial charge in [0.1, 0.15) is 0 Å². The first-order chi connectivity index (χ1) is 43.6. The summed E-state index contributed by atoms with van der Waals surface area (Å²) >= 11 is 9.22. The van der Waals surface area contributed by atoms with Gasteiger partial charge >= 0.3 is 0 Å². The van der Waals surface area contributed by atoms with E-state index in [2.05, 4.69) is 295 Å². The predicted octanol–water partition coefficient (Wildman–Crippen LogP) is 25.5. The van der Waals surface area contributed by atoms with Crippen LogP contribution in [0, 0.1) is 0 Å². The number of hydrogen-bond acceptors (Lipinski definition) is 9. The number of rotatable bonds is 7. The van der Waals surface area contributed by atoms with Crippen molar-refractivity contribution >= 4 is 213 Å². The Hall–Kier alpha value is -9.97. The minimum absolute atomic E-state index is 1.01. The molecule has 0 unspecified atom stereocenters. The van der Waals surface area contributed by atoms with Crippen LogP contribution in [-0.4, -0.2) is 4.98 Å². The highest BCUT2D eigenvalue weighted by Crippen LogP contribution is 2.45. The van der Waals surface area contributed by atoms with E-state index >= 15 is 0 Å². The molecular weight excluding hydrogens is 1170 g/mol. The highest BCUT2D eigenvalue weighted by atomic mass is 32.1. The zero-order valence-corrected chi connectivity index (χ0v) is 51.2. The SMILES string of the molecule is c1ccc(-c2ccc3sc4cc(Nc5cc6ccccc6c6ccccc56)ccc4c3n2)cc1.c1ccc2c(c1)sc1c(Nc3cccc4c3sc3ccccc34)cccc12.c1ccc2c(c1)sc1cc(Nc3ccc4c(c3)sc3ccccc34)ccc12. The summed E-state index contributed by atoms with van der Waals surface area (Å²) in [6, 6.07) is 102. The zero-order valence-electron chi connectivity index (χ0n) is 47.1. The van der Waals surface area contributed by atoms with E-state index in [4.69, 9.17) is 4.98 Å². The summed E-state index contributed by atoms with van der Waals surface area (Å²) in [5, 5.41) is 27.9. The second kappa shape index (κ2) is 22.1. The van der Waals surface area contributed by atoms with Gasteiger partial charge < -0.3 is 16.0 Å². The molecule has 0 radical (unpaired) electrons. The van der Waals surface area contributed by atoms with E-state index in [-0.39, 0.29) is 0 Å². The van der Waals surface area contributed by atoms with Crippen LogP contribution < -0.4 is 16.0 Å². The summed E-state index contributed by atoms with van der Waals surface area (Å²) < 4.78 is 13.1. The number of hydrogen-bond donors (Lipinski definition) is 3. The Labute approximate surface area is 526 Å². The molecular formula is C79H50N4S5. The summed E-state index contributed by atoms with van der Waals surface area (Å²) in [4.78, 5) is 5.01. The zero-order chi connectivity index (χ0) is 58.1. The van der Waals surface area contributed by atoms with Crippen LogP contribution >= 0.6 is 56.7 Å². The molecule has 0 fully saturated rings. The van der Waals surface area contributed by atoms with Crippen LogP contribution in [0.2, 0.25) is 0 Å². The molecule has 0 atom stereocenters. The third-order valence-electron chi connectivity index (χ3n) is 16.6. The molecule has 9 heteroatoms. The molecule has 0 saturated heterocycles. The molecule has 19 aromatic rings. The van der Waals surface area contributed by atoms with Gasteiger partial charge in [-0.05, 0) is 113 Å². The van der Waals surface area contributed by atoms with Gasteiger partial charge in [0.15, 0.2) is 0 Å². The maximum Gasteiger partial charge on any atom is 0.0895 e. The molecule has 6 heterocycles. The second-order valence-electron chi connectivity index (χ2n) is 22.0. The number of fused-ring (bicyclic) bond motifs is 18. The number of thiophene rings is 5. The highest BCUT2D eigenvalue weighted by molar-refractivity contribution is 7.27. The molecule has 19 rings (SSSR count). The molecule has 0 spiro atoms. The number of anilines is 6. The first-order valence-electron chi connectivity index (χ1n) is 29.3. The number of nitrogens with zero attached hydrogens (tertiary/aromatic N) is 1.